The lowest BCUT2D eigenvalue weighted by Gasteiger charge is -2.10. The summed E-state index contributed by atoms with van der Waals surface area (Å²) >= 11 is 0. The number of pyridine rings is 1. The van der Waals surface area contributed by atoms with Gasteiger partial charge in [0.05, 0.1) is 0 Å². The summed E-state index contributed by atoms with van der Waals surface area (Å²) in [5.41, 5.74) is 2.14. The summed E-state index contributed by atoms with van der Waals surface area (Å²) in [6, 6.07) is 11.7. The van der Waals surface area contributed by atoms with Gasteiger partial charge in [0.15, 0.2) is 0 Å². The van der Waals surface area contributed by atoms with Crippen molar-refractivity contribution >= 4 is 0 Å². The molecule has 0 fully saturated rings. The third kappa shape index (κ3) is 4.85. The van der Waals surface area contributed by atoms with Crippen molar-refractivity contribution in [2.75, 3.05) is 13.2 Å². The zero-order valence-corrected chi connectivity index (χ0v) is 12.4. The Balaban J connectivity index is 2.04. The van der Waals surface area contributed by atoms with Crippen LogP contribution in [0.3, 0.4) is 0 Å². The van der Waals surface area contributed by atoms with E-state index < -0.39 is 0 Å². The maximum absolute atomic E-state index is 8.92. The highest BCUT2D eigenvalue weighted by Crippen LogP contribution is 2.23. The Morgan fingerprint density at radius 3 is 2.71 bits per heavy atom. The molecule has 0 saturated heterocycles. The maximum Gasteiger partial charge on any atom is 0.223 e. The fraction of sp³-hybridized carbons (Fsp3) is 0.353. The Hall–Kier alpha value is -1.91. The molecule has 0 atom stereocenters. The number of aliphatic hydroxyl groups is 1. The number of hydrogen-bond donors (Lipinski definition) is 2. The molecule has 4 heteroatoms. The molecule has 112 valence electrons. The van der Waals surface area contributed by atoms with Gasteiger partial charge in [0, 0.05) is 24.9 Å². The molecule has 0 aliphatic rings. The predicted octanol–water partition coefficient (Wildman–Crippen LogP) is 2.91. The first-order valence-corrected chi connectivity index (χ1v) is 7.35. The highest BCUT2D eigenvalue weighted by Gasteiger charge is 2.05. The average molecular weight is 286 g/mol. The smallest absolute Gasteiger partial charge is 0.223 e. The fourth-order valence-electron chi connectivity index (χ4n) is 2.02. The topological polar surface area (TPSA) is 54.4 Å². The number of rotatable bonds is 8. The van der Waals surface area contributed by atoms with E-state index in [1.54, 1.807) is 6.20 Å². The molecule has 2 N–H and O–H groups in total. The van der Waals surface area contributed by atoms with Gasteiger partial charge in [0.2, 0.25) is 5.88 Å². The lowest BCUT2D eigenvalue weighted by Crippen LogP contribution is -2.14. The minimum absolute atomic E-state index is 0.160. The van der Waals surface area contributed by atoms with Crippen LogP contribution >= 0.6 is 0 Å². The van der Waals surface area contributed by atoms with Gasteiger partial charge in [-0.1, -0.05) is 25.1 Å². The van der Waals surface area contributed by atoms with Gasteiger partial charge in [-0.05, 0) is 43.1 Å². The molecule has 21 heavy (non-hydrogen) atoms. The zero-order valence-electron chi connectivity index (χ0n) is 12.4. The van der Waals surface area contributed by atoms with E-state index >= 15 is 0 Å². The van der Waals surface area contributed by atoms with E-state index in [1.807, 2.05) is 36.4 Å². The molecule has 0 spiro atoms. The van der Waals surface area contributed by atoms with E-state index in [9.17, 15) is 0 Å². The van der Waals surface area contributed by atoms with E-state index in [-0.39, 0.29) is 6.61 Å². The first-order valence-electron chi connectivity index (χ1n) is 7.35. The second kappa shape index (κ2) is 8.39. The van der Waals surface area contributed by atoms with E-state index in [4.69, 9.17) is 9.84 Å². The monoisotopic (exact) mass is 286 g/mol. The van der Waals surface area contributed by atoms with Gasteiger partial charge in [-0.15, -0.1) is 0 Å². The lowest BCUT2D eigenvalue weighted by atomic mass is 10.1. The van der Waals surface area contributed by atoms with Crippen LogP contribution in [-0.2, 0) is 13.0 Å². The summed E-state index contributed by atoms with van der Waals surface area (Å²) in [5, 5.41) is 12.3. The summed E-state index contributed by atoms with van der Waals surface area (Å²) < 4.78 is 5.86. The number of nitrogens with zero attached hydrogens (tertiary/aromatic N) is 1. The van der Waals surface area contributed by atoms with Gasteiger partial charge in [0.25, 0.3) is 0 Å². The van der Waals surface area contributed by atoms with E-state index in [0.717, 1.165) is 36.4 Å². The summed E-state index contributed by atoms with van der Waals surface area (Å²) in [6.45, 7) is 4.03. The van der Waals surface area contributed by atoms with Gasteiger partial charge in [-0.25, -0.2) is 4.98 Å². The van der Waals surface area contributed by atoms with Crippen LogP contribution in [0.5, 0.6) is 11.6 Å². The fourth-order valence-corrected chi connectivity index (χ4v) is 2.02. The number of benzene rings is 1. The van der Waals surface area contributed by atoms with Crippen LogP contribution in [0.2, 0.25) is 0 Å². The highest BCUT2D eigenvalue weighted by atomic mass is 16.5. The van der Waals surface area contributed by atoms with Crippen LogP contribution in [0.1, 0.15) is 24.5 Å². The maximum atomic E-state index is 8.92. The van der Waals surface area contributed by atoms with E-state index in [1.165, 1.54) is 0 Å². The Morgan fingerprint density at radius 1 is 1.19 bits per heavy atom. The van der Waals surface area contributed by atoms with Crippen LogP contribution in [0.4, 0.5) is 0 Å². The second-order valence-corrected chi connectivity index (χ2v) is 4.86. The molecule has 0 saturated carbocycles. The average Bonchev–Trinajstić information content (AvgIpc) is 2.51. The summed E-state index contributed by atoms with van der Waals surface area (Å²) in [4.78, 5) is 4.31. The molecule has 0 aliphatic heterocycles. The van der Waals surface area contributed by atoms with Crippen LogP contribution in [0.25, 0.3) is 0 Å². The molecule has 1 heterocycles. The van der Waals surface area contributed by atoms with Crippen molar-refractivity contribution in [2.45, 2.75) is 26.3 Å². The molecule has 0 aliphatic carbocycles. The first-order chi connectivity index (χ1) is 10.3. The van der Waals surface area contributed by atoms with E-state index in [2.05, 4.69) is 17.2 Å². The van der Waals surface area contributed by atoms with Gasteiger partial charge < -0.3 is 15.2 Å². The molecule has 0 unspecified atom stereocenters. The number of aromatic nitrogens is 1. The van der Waals surface area contributed by atoms with Crippen LogP contribution in [0, 0.1) is 0 Å². The van der Waals surface area contributed by atoms with Crippen molar-refractivity contribution < 1.29 is 9.84 Å². The Labute approximate surface area is 125 Å². The minimum Gasteiger partial charge on any atom is -0.439 e. The Morgan fingerprint density at radius 2 is 2.00 bits per heavy atom. The van der Waals surface area contributed by atoms with Crippen molar-refractivity contribution in [1.29, 1.82) is 0 Å². The minimum atomic E-state index is 0.160. The molecule has 1 aromatic carbocycles. The lowest BCUT2D eigenvalue weighted by molar-refractivity contribution is 0.299. The molecule has 0 bridgehead atoms. The summed E-state index contributed by atoms with van der Waals surface area (Å²) in [7, 11) is 0. The standard InChI is InChI=1S/C17H22N2O2/c1-2-10-18-13-15-4-3-11-19-17(15)21-16-7-5-14(6-8-16)9-12-20/h3-8,11,18,20H,2,9-10,12-13H2,1H3. The van der Waals surface area contributed by atoms with Gasteiger partial charge >= 0.3 is 0 Å². The molecule has 0 amide bonds. The van der Waals surface area contributed by atoms with Crippen LogP contribution in [0.15, 0.2) is 42.6 Å². The Kier molecular flexibility index (Phi) is 6.19. The summed E-state index contributed by atoms with van der Waals surface area (Å²) in [6.07, 6.45) is 3.50. The zero-order chi connectivity index (χ0) is 14.9. The summed E-state index contributed by atoms with van der Waals surface area (Å²) in [5.74, 6) is 1.39. The number of nitrogens with one attached hydrogen (secondary N) is 1. The Bertz CT molecular complexity index is 541. The van der Waals surface area contributed by atoms with Crippen molar-refractivity contribution in [3.63, 3.8) is 0 Å². The molecular formula is C17H22N2O2. The van der Waals surface area contributed by atoms with Crippen molar-refractivity contribution in [3.05, 3.63) is 53.7 Å². The molecule has 4 nitrogen and oxygen atoms in total. The highest BCUT2D eigenvalue weighted by molar-refractivity contribution is 5.34. The third-order valence-electron chi connectivity index (χ3n) is 3.13. The van der Waals surface area contributed by atoms with Crippen molar-refractivity contribution in [3.8, 4) is 11.6 Å². The molecule has 2 aromatic rings. The largest absolute Gasteiger partial charge is 0.439 e. The van der Waals surface area contributed by atoms with Crippen LogP contribution in [-0.4, -0.2) is 23.2 Å². The molecule has 2 rings (SSSR count). The molecule has 1 aromatic heterocycles. The normalized spacial score (nSPS) is 10.6. The molecular weight excluding hydrogens is 264 g/mol. The van der Waals surface area contributed by atoms with Gasteiger partial charge in [-0.3, -0.25) is 0 Å². The predicted molar refractivity (Wildman–Crippen MR) is 83.5 cm³/mol. The van der Waals surface area contributed by atoms with Crippen molar-refractivity contribution in [2.24, 2.45) is 0 Å². The van der Waals surface area contributed by atoms with Gasteiger partial charge in [0.1, 0.15) is 5.75 Å². The van der Waals surface area contributed by atoms with Crippen LogP contribution < -0.4 is 10.1 Å². The van der Waals surface area contributed by atoms with Gasteiger partial charge in [-0.2, -0.15) is 0 Å². The number of aliphatic hydroxyl groups excluding tert-OH is 1. The van der Waals surface area contributed by atoms with E-state index in [0.29, 0.717) is 12.3 Å². The number of ether oxygens (including phenoxy) is 1. The van der Waals surface area contributed by atoms with Crippen molar-refractivity contribution in [1.82, 2.24) is 10.3 Å². The number of hydrogen-bond acceptors (Lipinski definition) is 4. The third-order valence-corrected chi connectivity index (χ3v) is 3.13. The quantitative estimate of drug-likeness (QED) is 0.733. The molecule has 0 radical (unpaired) electrons. The SMILES string of the molecule is CCCNCc1cccnc1Oc1ccc(CCO)cc1. The first kappa shape index (κ1) is 15.5. The second-order valence-electron chi connectivity index (χ2n) is 4.86.